The number of aromatic nitrogens is 3. The molecule has 2 rings (SSSR count). The Kier molecular flexibility index (Phi) is 1.63. The number of imidazole rings is 1. The van der Waals surface area contributed by atoms with Crippen LogP contribution < -0.4 is 0 Å². The average Bonchev–Trinajstić information content (AvgIpc) is 2.42. The number of aromatic amines is 2. The third-order valence-electron chi connectivity index (χ3n) is 1.59. The first-order valence-corrected chi connectivity index (χ1v) is 3.90. The Hall–Kier alpha value is -1.69. The van der Waals surface area contributed by atoms with E-state index in [2.05, 4.69) is 15.0 Å². The van der Waals surface area contributed by atoms with Crippen LogP contribution in [0.15, 0.2) is 12.1 Å². The van der Waals surface area contributed by atoms with Crippen molar-refractivity contribution in [3.05, 3.63) is 22.6 Å². The van der Waals surface area contributed by atoms with Crippen molar-refractivity contribution in [2.45, 2.75) is 0 Å². The molecule has 0 saturated carbocycles. The molecule has 0 aliphatic carbocycles. The number of carboxylic acid groups (broad SMARTS) is 1. The number of carbonyl (C=O) groups is 1. The SMILES string of the molecule is O=C(O)c1ccc2[nH]c(=S)[nH]c2n1. The van der Waals surface area contributed by atoms with Gasteiger partial charge in [-0.1, -0.05) is 0 Å². The molecule has 0 unspecified atom stereocenters. The van der Waals surface area contributed by atoms with Gasteiger partial charge in [0.1, 0.15) is 0 Å². The molecule has 2 heterocycles. The van der Waals surface area contributed by atoms with Crippen molar-refractivity contribution in [3.63, 3.8) is 0 Å². The van der Waals surface area contributed by atoms with Crippen LogP contribution in [0.1, 0.15) is 10.5 Å². The highest BCUT2D eigenvalue weighted by atomic mass is 32.1. The van der Waals surface area contributed by atoms with E-state index in [0.717, 1.165) is 0 Å². The van der Waals surface area contributed by atoms with Gasteiger partial charge in [0, 0.05) is 0 Å². The highest BCUT2D eigenvalue weighted by molar-refractivity contribution is 7.71. The summed E-state index contributed by atoms with van der Waals surface area (Å²) in [5, 5.41) is 8.64. The molecule has 66 valence electrons. The lowest BCUT2D eigenvalue weighted by atomic mass is 10.3. The first kappa shape index (κ1) is 7.93. The standard InChI is InChI=1S/C7H5N3O2S/c11-6(12)4-2-1-3-5(8-4)10-7(13)9-3/h1-2H,(H,11,12)(H2,8,9,10,13). The van der Waals surface area contributed by atoms with E-state index in [1.165, 1.54) is 6.07 Å². The third-order valence-corrected chi connectivity index (χ3v) is 1.80. The quantitative estimate of drug-likeness (QED) is 0.599. The van der Waals surface area contributed by atoms with Crippen LogP contribution in [0.2, 0.25) is 0 Å². The molecule has 0 amide bonds. The van der Waals surface area contributed by atoms with Crippen LogP contribution in [0.25, 0.3) is 11.2 Å². The molecule has 0 fully saturated rings. The van der Waals surface area contributed by atoms with Crippen LogP contribution in [-0.2, 0) is 0 Å². The number of nitrogens with one attached hydrogen (secondary N) is 2. The highest BCUT2D eigenvalue weighted by Crippen LogP contribution is 2.07. The van der Waals surface area contributed by atoms with Gasteiger partial charge in [-0.3, -0.25) is 0 Å². The Bertz CT molecular complexity index is 528. The van der Waals surface area contributed by atoms with Crippen LogP contribution in [0, 0.1) is 4.77 Å². The van der Waals surface area contributed by atoms with Crippen LogP contribution in [0.3, 0.4) is 0 Å². The van der Waals surface area contributed by atoms with Gasteiger partial charge in [-0.15, -0.1) is 0 Å². The molecule has 0 bridgehead atoms. The minimum absolute atomic E-state index is 0.00208. The maximum absolute atomic E-state index is 10.5. The van der Waals surface area contributed by atoms with E-state index >= 15 is 0 Å². The Labute approximate surface area is 77.4 Å². The van der Waals surface area contributed by atoms with Crippen LogP contribution in [0.4, 0.5) is 0 Å². The zero-order valence-corrected chi connectivity index (χ0v) is 7.18. The summed E-state index contributed by atoms with van der Waals surface area (Å²) >= 11 is 4.82. The van der Waals surface area contributed by atoms with Crippen molar-refractivity contribution in [3.8, 4) is 0 Å². The molecule has 0 spiro atoms. The minimum atomic E-state index is -1.05. The van der Waals surface area contributed by atoms with E-state index in [1.807, 2.05) is 0 Å². The second-order valence-electron chi connectivity index (χ2n) is 2.48. The second-order valence-corrected chi connectivity index (χ2v) is 2.89. The van der Waals surface area contributed by atoms with Crippen LogP contribution >= 0.6 is 12.2 Å². The monoisotopic (exact) mass is 195 g/mol. The van der Waals surface area contributed by atoms with Gasteiger partial charge in [-0.05, 0) is 24.4 Å². The first-order valence-electron chi connectivity index (χ1n) is 3.49. The summed E-state index contributed by atoms with van der Waals surface area (Å²) in [6.07, 6.45) is 0. The molecule has 2 aromatic rings. The molecular formula is C7H5N3O2S. The van der Waals surface area contributed by atoms with Gasteiger partial charge in [-0.25, -0.2) is 9.78 Å². The fourth-order valence-electron chi connectivity index (χ4n) is 1.04. The third kappa shape index (κ3) is 1.31. The molecule has 0 atom stereocenters. The van der Waals surface area contributed by atoms with Gasteiger partial charge < -0.3 is 15.1 Å². The van der Waals surface area contributed by atoms with E-state index in [9.17, 15) is 4.79 Å². The predicted octanol–water partition coefficient (Wildman–Crippen LogP) is 1.32. The molecule has 0 aliphatic rings. The summed E-state index contributed by atoms with van der Waals surface area (Å²) < 4.78 is 0.435. The lowest BCUT2D eigenvalue weighted by Crippen LogP contribution is -1.99. The summed E-state index contributed by atoms with van der Waals surface area (Å²) in [7, 11) is 0. The summed E-state index contributed by atoms with van der Waals surface area (Å²) in [5.74, 6) is -1.05. The Morgan fingerprint density at radius 1 is 1.46 bits per heavy atom. The first-order chi connectivity index (χ1) is 6.16. The fourth-order valence-corrected chi connectivity index (χ4v) is 1.24. The van der Waals surface area contributed by atoms with E-state index in [1.54, 1.807) is 6.07 Å². The second kappa shape index (κ2) is 2.67. The Morgan fingerprint density at radius 2 is 2.23 bits per heavy atom. The smallest absolute Gasteiger partial charge is 0.354 e. The number of rotatable bonds is 1. The summed E-state index contributed by atoms with van der Waals surface area (Å²) in [5.41, 5.74) is 1.16. The topological polar surface area (TPSA) is 81.8 Å². The largest absolute Gasteiger partial charge is 0.477 e. The minimum Gasteiger partial charge on any atom is -0.477 e. The molecule has 0 saturated heterocycles. The predicted molar refractivity (Wildman–Crippen MR) is 48.2 cm³/mol. The van der Waals surface area contributed by atoms with Crippen molar-refractivity contribution >= 4 is 29.4 Å². The van der Waals surface area contributed by atoms with Gasteiger partial charge >= 0.3 is 5.97 Å². The molecular weight excluding hydrogens is 190 g/mol. The average molecular weight is 195 g/mol. The maximum atomic E-state index is 10.5. The number of fused-ring (bicyclic) bond motifs is 1. The van der Waals surface area contributed by atoms with Gasteiger partial charge in [0.05, 0.1) is 5.52 Å². The molecule has 6 heteroatoms. The van der Waals surface area contributed by atoms with Crippen LogP contribution in [0.5, 0.6) is 0 Å². The Morgan fingerprint density at radius 3 is 2.92 bits per heavy atom. The molecule has 13 heavy (non-hydrogen) atoms. The number of pyridine rings is 1. The molecule has 0 aliphatic heterocycles. The summed E-state index contributed by atoms with van der Waals surface area (Å²) in [6, 6.07) is 3.04. The van der Waals surface area contributed by atoms with Crippen molar-refractivity contribution in [1.82, 2.24) is 15.0 Å². The zero-order chi connectivity index (χ0) is 9.42. The molecule has 2 aromatic heterocycles. The van der Waals surface area contributed by atoms with Crippen molar-refractivity contribution in [2.24, 2.45) is 0 Å². The van der Waals surface area contributed by atoms with Gasteiger partial charge in [0.2, 0.25) is 0 Å². The fraction of sp³-hybridized carbons (Fsp3) is 0. The van der Waals surface area contributed by atoms with Gasteiger partial charge in [-0.2, -0.15) is 0 Å². The van der Waals surface area contributed by atoms with Crippen molar-refractivity contribution in [2.75, 3.05) is 0 Å². The normalized spacial score (nSPS) is 10.5. The lowest BCUT2D eigenvalue weighted by Gasteiger charge is -1.91. The Balaban J connectivity index is 2.74. The molecule has 5 nitrogen and oxygen atoms in total. The van der Waals surface area contributed by atoms with Gasteiger partial charge in [0.25, 0.3) is 0 Å². The van der Waals surface area contributed by atoms with E-state index in [4.69, 9.17) is 17.3 Å². The number of hydrogen-bond donors (Lipinski definition) is 3. The summed E-state index contributed by atoms with van der Waals surface area (Å²) in [4.78, 5) is 19.9. The number of H-pyrrole nitrogens is 2. The maximum Gasteiger partial charge on any atom is 0.354 e. The molecule has 0 aromatic carbocycles. The van der Waals surface area contributed by atoms with Gasteiger partial charge in [0.15, 0.2) is 16.1 Å². The lowest BCUT2D eigenvalue weighted by molar-refractivity contribution is 0.0691. The van der Waals surface area contributed by atoms with Crippen molar-refractivity contribution < 1.29 is 9.90 Å². The number of carboxylic acids is 1. The highest BCUT2D eigenvalue weighted by Gasteiger charge is 2.05. The van der Waals surface area contributed by atoms with Crippen molar-refractivity contribution in [1.29, 1.82) is 0 Å². The number of nitrogens with zero attached hydrogens (tertiary/aromatic N) is 1. The van der Waals surface area contributed by atoms with E-state index in [0.29, 0.717) is 15.9 Å². The zero-order valence-electron chi connectivity index (χ0n) is 6.37. The van der Waals surface area contributed by atoms with E-state index in [-0.39, 0.29) is 5.69 Å². The summed E-state index contributed by atoms with van der Waals surface area (Å²) in [6.45, 7) is 0. The molecule has 0 radical (unpaired) electrons. The number of hydrogen-bond acceptors (Lipinski definition) is 3. The number of aromatic carboxylic acids is 1. The van der Waals surface area contributed by atoms with Crippen LogP contribution in [-0.4, -0.2) is 26.0 Å². The van der Waals surface area contributed by atoms with E-state index < -0.39 is 5.97 Å². The molecule has 3 N–H and O–H groups in total.